The fourth-order valence-corrected chi connectivity index (χ4v) is 1.82. The van der Waals surface area contributed by atoms with E-state index < -0.39 is 5.60 Å². The molecule has 0 saturated heterocycles. The summed E-state index contributed by atoms with van der Waals surface area (Å²) < 4.78 is 0. The fraction of sp³-hybridized carbons (Fsp3) is 0.917. The van der Waals surface area contributed by atoms with E-state index in [1.807, 2.05) is 20.8 Å². The normalized spacial score (nSPS) is 12.9. The molecular formula is C12H25NOYb. The molecule has 0 radical (unpaired) electrons. The molecule has 0 amide bonds. The van der Waals surface area contributed by atoms with Gasteiger partial charge < -0.3 is 5.11 Å². The number of hydrogen-bond acceptors (Lipinski definition) is 2. The number of nitrogens with zero attached hydrogens (tertiary/aromatic N) is 1. The van der Waals surface area contributed by atoms with Crippen molar-refractivity contribution >= 4 is 5.71 Å². The van der Waals surface area contributed by atoms with Crippen LogP contribution in [0.15, 0.2) is 4.99 Å². The van der Waals surface area contributed by atoms with E-state index in [1.54, 1.807) is 0 Å². The Labute approximate surface area is 133 Å². The van der Waals surface area contributed by atoms with Gasteiger partial charge in [0.25, 0.3) is 0 Å². The van der Waals surface area contributed by atoms with Crippen LogP contribution in [0.1, 0.15) is 60.3 Å². The van der Waals surface area contributed by atoms with Gasteiger partial charge in [-0.05, 0) is 33.6 Å². The minimum absolute atomic E-state index is 0. The van der Waals surface area contributed by atoms with Crippen LogP contribution in [0, 0.1) is 46.9 Å². The summed E-state index contributed by atoms with van der Waals surface area (Å²) in [6.45, 7) is 10.2. The van der Waals surface area contributed by atoms with Gasteiger partial charge in [-0.1, -0.05) is 26.7 Å². The van der Waals surface area contributed by atoms with Crippen LogP contribution in [0.5, 0.6) is 0 Å². The van der Waals surface area contributed by atoms with Crippen molar-refractivity contribution in [3.05, 3.63) is 0 Å². The van der Waals surface area contributed by atoms with E-state index in [2.05, 4.69) is 18.8 Å². The summed E-state index contributed by atoms with van der Waals surface area (Å²) in [7, 11) is 0. The van der Waals surface area contributed by atoms with Crippen molar-refractivity contribution in [1.82, 2.24) is 0 Å². The van der Waals surface area contributed by atoms with Crippen LogP contribution in [0.2, 0.25) is 0 Å². The monoisotopic (exact) mass is 373 g/mol. The molecule has 0 aliphatic heterocycles. The third-order valence-electron chi connectivity index (χ3n) is 2.45. The van der Waals surface area contributed by atoms with Crippen LogP contribution in [0.3, 0.4) is 0 Å². The molecule has 0 aliphatic carbocycles. The third kappa shape index (κ3) is 7.14. The number of hydrogen-bond donors (Lipinski definition) is 1. The van der Waals surface area contributed by atoms with Gasteiger partial charge in [0.05, 0.1) is 0 Å². The van der Waals surface area contributed by atoms with Gasteiger partial charge in [0.2, 0.25) is 0 Å². The van der Waals surface area contributed by atoms with Gasteiger partial charge in [-0.2, -0.15) is 0 Å². The third-order valence-corrected chi connectivity index (χ3v) is 2.45. The van der Waals surface area contributed by atoms with Crippen molar-refractivity contribution in [2.24, 2.45) is 4.99 Å². The van der Waals surface area contributed by atoms with Crippen LogP contribution in [-0.4, -0.2) is 22.5 Å². The molecule has 0 rings (SSSR count). The average Bonchev–Trinajstić information content (AvgIpc) is 2.03. The molecule has 0 saturated carbocycles. The maximum absolute atomic E-state index is 10.4. The first-order valence-electron chi connectivity index (χ1n) is 5.73. The molecule has 0 aromatic rings. The summed E-state index contributed by atoms with van der Waals surface area (Å²) in [6, 6.07) is 0.273. The Morgan fingerprint density at radius 1 is 1.20 bits per heavy atom. The SMILES string of the molecule is CCCC(O)(CCC)C(C)=NC(C)C.[Yb]. The van der Waals surface area contributed by atoms with E-state index in [0.29, 0.717) is 0 Å². The topological polar surface area (TPSA) is 32.6 Å². The van der Waals surface area contributed by atoms with E-state index in [0.717, 1.165) is 31.4 Å². The fourth-order valence-electron chi connectivity index (χ4n) is 1.82. The summed E-state index contributed by atoms with van der Waals surface area (Å²) in [4.78, 5) is 4.45. The van der Waals surface area contributed by atoms with E-state index in [-0.39, 0.29) is 53.0 Å². The molecule has 0 atom stereocenters. The Morgan fingerprint density at radius 3 is 1.87 bits per heavy atom. The molecule has 15 heavy (non-hydrogen) atoms. The summed E-state index contributed by atoms with van der Waals surface area (Å²) >= 11 is 0. The first-order valence-corrected chi connectivity index (χ1v) is 5.73. The van der Waals surface area contributed by atoms with Crippen LogP contribution >= 0.6 is 0 Å². The average molecular weight is 372 g/mol. The van der Waals surface area contributed by atoms with Gasteiger partial charge in [-0.15, -0.1) is 0 Å². The number of aliphatic hydroxyl groups is 1. The van der Waals surface area contributed by atoms with Crippen molar-refractivity contribution in [3.63, 3.8) is 0 Å². The molecule has 1 N–H and O–H groups in total. The Bertz CT molecular complexity index is 184. The molecule has 98 valence electrons. The van der Waals surface area contributed by atoms with Crippen LogP contribution in [-0.2, 0) is 0 Å². The smallest absolute Gasteiger partial charge is 0.102 e. The zero-order chi connectivity index (χ0) is 11.2. The van der Waals surface area contributed by atoms with E-state index >= 15 is 0 Å². The van der Waals surface area contributed by atoms with Gasteiger partial charge in [0.1, 0.15) is 5.60 Å². The second-order valence-electron chi connectivity index (χ2n) is 4.34. The first-order chi connectivity index (χ1) is 6.46. The van der Waals surface area contributed by atoms with E-state index in [9.17, 15) is 5.11 Å². The van der Waals surface area contributed by atoms with Gasteiger partial charge in [0, 0.05) is 58.7 Å². The Kier molecular flexibility index (Phi) is 11.4. The van der Waals surface area contributed by atoms with Crippen LogP contribution in [0.25, 0.3) is 0 Å². The van der Waals surface area contributed by atoms with Crippen molar-refractivity contribution in [2.45, 2.75) is 71.9 Å². The molecule has 0 aromatic carbocycles. The Hall–Kier alpha value is 1.15. The largest absolute Gasteiger partial charge is 0.384 e. The predicted molar refractivity (Wildman–Crippen MR) is 63.0 cm³/mol. The molecule has 0 spiro atoms. The van der Waals surface area contributed by atoms with Crippen molar-refractivity contribution in [2.75, 3.05) is 0 Å². The van der Waals surface area contributed by atoms with Gasteiger partial charge in [0.15, 0.2) is 0 Å². The molecule has 2 nitrogen and oxygen atoms in total. The Morgan fingerprint density at radius 2 is 1.60 bits per heavy atom. The molecule has 0 bridgehead atoms. The summed E-state index contributed by atoms with van der Waals surface area (Å²) in [5.74, 6) is 0. The molecule has 0 unspecified atom stereocenters. The molecule has 0 aromatic heterocycles. The summed E-state index contributed by atoms with van der Waals surface area (Å²) in [5, 5.41) is 10.4. The molecular weight excluding hydrogens is 347 g/mol. The molecule has 0 fully saturated rings. The quantitative estimate of drug-likeness (QED) is 0.714. The van der Waals surface area contributed by atoms with Crippen LogP contribution < -0.4 is 0 Å². The minimum atomic E-state index is -0.659. The zero-order valence-corrected chi connectivity index (χ0v) is 12.3. The van der Waals surface area contributed by atoms with Gasteiger partial charge in [-0.3, -0.25) is 4.99 Å². The standard InChI is InChI=1S/C12H25NO.Yb/c1-6-8-12(14,9-7-2)11(5)13-10(3)4;/h10,14H,6-9H2,1-5H3;. The second-order valence-corrected chi connectivity index (χ2v) is 4.34. The van der Waals surface area contributed by atoms with Crippen molar-refractivity contribution in [1.29, 1.82) is 0 Å². The van der Waals surface area contributed by atoms with E-state index in [4.69, 9.17) is 0 Å². The van der Waals surface area contributed by atoms with Gasteiger partial charge >= 0.3 is 0 Å². The van der Waals surface area contributed by atoms with Crippen molar-refractivity contribution in [3.8, 4) is 0 Å². The van der Waals surface area contributed by atoms with Crippen LogP contribution in [0.4, 0.5) is 0 Å². The van der Waals surface area contributed by atoms with E-state index in [1.165, 1.54) is 0 Å². The molecule has 3 heteroatoms. The van der Waals surface area contributed by atoms with Gasteiger partial charge in [-0.25, -0.2) is 0 Å². The zero-order valence-electron chi connectivity index (χ0n) is 10.6. The molecule has 0 aliphatic rings. The maximum Gasteiger partial charge on any atom is 0.102 e. The minimum Gasteiger partial charge on any atom is -0.384 e. The second kappa shape index (κ2) is 9.21. The Balaban J connectivity index is 0. The summed E-state index contributed by atoms with van der Waals surface area (Å²) in [6.07, 6.45) is 3.65. The predicted octanol–water partition coefficient (Wildman–Crippen LogP) is 3.19. The first kappa shape index (κ1) is 18.5. The molecule has 0 heterocycles. The number of rotatable bonds is 6. The maximum atomic E-state index is 10.4. The number of aliphatic imine (C=N–C) groups is 1. The van der Waals surface area contributed by atoms with Crippen molar-refractivity contribution < 1.29 is 52.0 Å². The summed E-state index contributed by atoms with van der Waals surface area (Å²) in [5.41, 5.74) is 0.240.